The third kappa shape index (κ3) is 3.34. The molecule has 1 aromatic heterocycles. The number of aliphatic imine (C=N–C) groups is 1. The lowest BCUT2D eigenvalue weighted by atomic mass is 9.78. The van der Waals surface area contributed by atoms with E-state index in [4.69, 9.17) is 4.42 Å². The number of ketones is 1. The zero-order valence-electron chi connectivity index (χ0n) is 16.0. The first-order valence-electron chi connectivity index (χ1n) is 9.64. The van der Waals surface area contributed by atoms with Gasteiger partial charge in [-0.2, -0.15) is 4.98 Å². The molecule has 0 radical (unpaired) electrons. The summed E-state index contributed by atoms with van der Waals surface area (Å²) in [6.07, 6.45) is 2.31. The van der Waals surface area contributed by atoms with Gasteiger partial charge in [-0.1, -0.05) is 25.1 Å². The summed E-state index contributed by atoms with van der Waals surface area (Å²) in [5, 5.41) is 6.11. The van der Waals surface area contributed by atoms with E-state index in [9.17, 15) is 13.6 Å². The van der Waals surface area contributed by atoms with Gasteiger partial charge in [-0.05, 0) is 35.7 Å². The highest BCUT2D eigenvalue weighted by atomic mass is 19.1. The van der Waals surface area contributed by atoms with E-state index in [2.05, 4.69) is 20.6 Å². The van der Waals surface area contributed by atoms with Crippen LogP contribution in [0.3, 0.4) is 0 Å². The molecule has 1 aliphatic heterocycles. The molecule has 0 spiro atoms. The number of guanidine groups is 1. The van der Waals surface area contributed by atoms with Crippen LogP contribution in [0.4, 0.5) is 14.8 Å². The van der Waals surface area contributed by atoms with Crippen LogP contribution in [0.5, 0.6) is 0 Å². The first-order chi connectivity index (χ1) is 14.5. The van der Waals surface area contributed by atoms with E-state index in [1.807, 2.05) is 31.2 Å². The Morgan fingerprint density at radius 1 is 1.17 bits per heavy atom. The molecule has 0 amide bonds. The van der Waals surface area contributed by atoms with Crippen LogP contribution >= 0.6 is 0 Å². The number of nitrogens with one attached hydrogen (secondary N) is 2. The number of nitrogens with zero attached hydrogens (tertiary/aromatic N) is 2. The summed E-state index contributed by atoms with van der Waals surface area (Å²) in [5.41, 5.74) is 2.24. The Labute approximate surface area is 170 Å². The van der Waals surface area contributed by atoms with Crippen molar-refractivity contribution >= 4 is 28.9 Å². The van der Waals surface area contributed by atoms with Crippen LogP contribution in [0.2, 0.25) is 0 Å². The fraction of sp³-hybridized carbons (Fsp3) is 0.227. The van der Waals surface area contributed by atoms with Gasteiger partial charge in [0.1, 0.15) is 22.9 Å². The number of fused-ring (bicyclic) bond motifs is 2. The van der Waals surface area contributed by atoms with Crippen molar-refractivity contribution in [1.82, 2.24) is 10.3 Å². The number of carbonyl (C=O) groups excluding carboxylic acids is 1. The summed E-state index contributed by atoms with van der Waals surface area (Å²) in [4.78, 5) is 21.7. The molecule has 30 heavy (non-hydrogen) atoms. The number of carbonyl (C=O) groups is 1. The topological polar surface area (TPSA) is 79.5 Å². The van der Waals surface area contributed by atoms with Crippen molar-refractivity contribution in [2.24, 2.45) is 16.8 Å². The average molecular weight is 408 g/mol. The molecule has 5 rings (SSSR count). The van der Waals surface area contributed by atoms with Gasteiger partial charge in [0.15, 0.2) is 5.58 Å². The largest absolute Gasteiger partial charge is 0.423 e. The zero-order valence-corrected chi connectivity index (χ0v) is 16.0. The zero-order chi connectivity index (χ0) is 20.8. The number of rotatable bonds is 2. The summed E-state index contributed by atoms with van der Waals surface area (Å²) in [5.74, 6) is -1.74. The van der Waals surface area contributed by atoms with Crippen LogP contribution in [-0.2, 0) is 4.79 Å². The monoisotopic (exact) mass is 408 g/mol. The molecule has 0 bridgehead atoms. The molecule has 1 aliphatic carbocycles. The van der Waals surface area contributed by atoms with E-state index in [-0.39, 0.29) is 17.7 Å². The average Bonchev–Trinajstić information content (AvgIpc) is 3.08. The van der Waals surface area contributed by atoms with E-state index < -0.39 is 23.6 Å². The van der Waals surface area contributed by atoms with Gasteiger partial charge in [0.25, 0.3) is 0 Å². The second-order valence-corrected chi connectivity index (χ2v) is 7.61. The number of benzene rings is 2. The molecule has 0 saturated carbocycles. The number of Topliss-reactive ketones (excluding diaryl/α,β-unsaturated/α-hetero) is 1. The fourth-order valence-corrected chi connectivity index (χ4v) is 4.04. The molecule has 2 aliphatic rings. The van der Waals surface area contributed by atoms with E-state index in [1.165, 1.54) is 12.1 Å². The smallest absolute Gasteiger partial charge is 0.302 e. The molecule has 2 aromatic carbocycles. The summed E-state index contributed by atoms with van der Waals surface area (Å²) >= 11 is 0. The van der Waals surface area contributed by atoms with Crippen LogP contribution in [0.1, 0.15) is 24.9 Å². The minimum absolute atomic E-state index is 0.0215. The Balaban J connectivity index is 1.56. The molecule has 6 nitrogen and oxygen atoms in total. The van der Waals surface area contributed by atoms with Crippen LogP contribution in [0.15, 0.2) is 63.6 Å². The fourth-order valence-electron chi connectivity index (χ4n) is 4.04. The van der Waals surface area contributed by atoms with E-state index in [0.29, 0.717) is 34.7 Å². The van der Waals surface area contributed by atoms with Gasteiger partial charge in [-0.15, -0.1) is 0 Å². The Morgan fingerprint density at radius 2 is 1.93 bits per heavy atom. The van der Waals surface area contributed by atoms with E-state index in [0.717, 1.165) is 6.07 Å². The van der Waals surface area contributed by atoms with Gasteiger partial charge in [-0.25, -0.2) is 13.8 Å². The number of anilines is 1. The lowest BCUT2D eigenvalue weighted by molar-refractivity contribution is -0.123. The van der Waals surface area contributed by atoms with Crippen LogP contribution < -0.4 is 10.6 Å². The maximum Gasteiger partial charge on any atom is 0.302 e. The molecule has 3 aromatic rings. The normalized spacial score (nSPS) is 23.4. The maximum absolute atomic E-state index is 13.9. The first kappa shape index (κ1) is 18.5. The second kappa shape index (κ2) is 7.05. The van der Waals surface area contributed by atoms with E-state index >= 15 is 0 Å². The predicted molar refractivity (Wildman–Crippen MR) is 108 cm³/mol. The molecule has 2 N–H and O–H groups in total. The summed E-state index contributed by atoms with van der Waals surface area (Å²) < 4.78 is 33.4. The SMILES string of the molecule is C[C@@H]1C=C2NC(Nc3nc4ccccc4o3)=N[C@H](c3cc(F)cc(F)c3)[C@H]2C(=O)C1. The number of para-hydroxylation sites is 2. The van der Waals surface area contributed by atoms with Crippen LogP contribution in [0, 0.1) is 23.5 Å². The minimum atomic E-state index is -0.769. The van der Waals surface area contributed by atoms with Crippen molar-refractivity contribution in [2.45, 2.75) is 19.4 Å². The predicted octanol–water partition coefficient (Wildman–Crippen LogP) is 4.33. The second-order valence-electron chi connectivity index (χ2n) is 7.61. The standard InChI is InChI=1S/C22H18F2N4O2/c1-11-6-16-19(17(29)7-11)20(12-8-13(23)10-14(24)9-12)27-21(25-16)28-22-26-15-4-2-3-5-18(15)30-22/h2-6,8-11,19-20H,7H2,1H3,(H2,25,26,27,28)/t11-,19-,20-/m1/s1. The van der Waals surface area contributed by atoms with Crippen LogP contribution in [-0.4, -0.2) is 16.7 Å². The number of aromatic nitrogens is 1. The Bertz CT molecular complexity index is 1160. The van der Waals surface area contributed by atoms with Gasteiger partial charge in [0.2, 0.25) is 5.96 Å². The number of allylic oxidation sites excluding steroid dienone is 1. The molecule has 0 saturated heterocycles. The summed E-state index contributed by atoms with van der Waals surface area (Å²) in [6.45, 7) is 1.94. The molecular formula is C22H18F2N4O2. The van der Waals surface area contributed by atoms with Gasteiger partial charge in [-0.3, -0.25) is 10.1 Å². The molecule has 0 unspecified atom stereocenters. The molecule has 8 heteroatoms. The summed E-state index contributed by atoms with van der Waals surface area (Å²) in [6, 6.07) is 9.98. The molecular weight excluding hydrogens is 390 g/mol. The Kier molecular flexibility index (Phi) is 4.34. The first-order valence-corrected chi connectivity index (χ1v) is 9.64. The minimum Gasteiger partial charge on any atom is -0.423 e. The van der Waals surface area contributed by atoms with Gasteiger partial charge in [0.05, 0.1) is 12.0 Å². The maximum atomic E-state index is 13.9. The van der Waals surface area contributed by atoms with Gasteiger partial charge < -0.3 is 9.73 Å². The molecule has 152 valence electrons. The van der Waals surface area contributed by atoms with Crippen molar-refractivity contribution in [3.05, 3.63) is 71.4 Å². The van der Waals surface area contributed by atoms with Gasteiger partial charge in [0, 0.05) is 18.2 Å². The third-order valence-corrected chi connectivity index (χ3v) is 5.26. The van der Waals surface area contributed by atoms with Gasteiger partial charge >= 0.3 is 6.01 Å². The number of halogens is 2. The molecule has 3 atom stereocenters. The highest BCUT2D eigenvalue weighted by Crippen LogP contribution is 2.39. The molecule has 0 fully saturated rings. The van der Waals surface area contributed by atoms with Crippen molar-refractivity contribution in [1.29, 1.82) is 0 Å². The Hall–Kier alpha value is -3.55. The van der Waals surface area contributed by atoms with E-state index in [1.54, 1.807) is 6.07 Å². The lowest BCUT2D eigenvalue weighted by Gasteiger charge is -2.35. The highest BCUT2D eigenvalue weighted by Gasteiger charge is 2.40. The van der Waals surface area contributed by atoms with Crippen molar-refractivity contribution in [3.8, 4) is 0 Å². The Morgan fingerprint density at radius 3 is 2.70 bits per heavy atom. The summed E-state index contributed by atoms with van der Waals surface area (Å²) in [7, 11) is 0. The van der Waals surface area contributed by atoms with Crippen LogP contribution in [0.25, 0.3) is 11.1 Å². The molecule has 2 heterocycles. The third-order valence-electron chi connectivity index (χ3n) is 5.26. The van der Waals surface area contributed by atoms with Crippen molar-refractivity contribution < 1.29 is 18.0 Å². The number of oxazole rings is 1. The quantitative estimate of drug-likeness (QED) is 0.660. The van der Waals surface area contributed by atoms with Crippen molar-refractivity contribution in [2.75, 3.05) is 5.32 Å². The number of hydrogen-bond acceptors (Lipinski definition) is 6. The highest BCUT2D eigenvalue weighted by molar-refractivity contribution is 5.98. The number of hydrogen-bond donors (Lipinski definition) is 2. The lowest BCUT2D eigenvalue weighted by Crippen LogP contribution is -2.44. The van der Waals surface area contributed by atoms with Crippen molar-refractivity contribution in [3.63, 3.8) is 0 Å².